The van der Waals surface area contributed by atoms with Gasteiger partial charge in [-0.2, -0.15) is 5.10 Å². The third kappa shape index (κ3) is 4.01. The van der Waals surface area contributed by atoms with Gasteiger partial charge in [0.2, 0.25) is 5.82 Å². The van der Waals surface area contributed by atoms with Gasteiger partial charge in [0.15, 0.2) is 5.82 Å². The Kier molecular flexibility index (Phi) is 5.28. The molecule has 0 spiro atoms. The van der Waals surface area contributed by atoms with E-state index in [1.165, 1.54) is 0 Å². The molecule has 0 bridgehead atoms. The minimum absolute atomic E-state index is 0.108. The molecule has 0 radical (unpaired) electrons. The summed E-state index contributed by atoms with van der Waals surface area (Å²) in [5, 5.41) is 8.76. The van der Waals surface area contributed by atoms with Crippen LogP contribution in [0.5, 0.6) is 0 Å². The maximum atomic E-state index is 12.6. The van der Waals surface area contributed by atoms with Gasteiger partial charge in [0.1, 0.15) is 0 Å². The van der Waals surface area contributed by atoms with Gasteiger partial charge >= 0.3 is 5.91 Å². The first-order valence-electron chi connectivity index (χ1n) is 9.64. The fraction of sp³-hybridized carbons (Fsp3) is 0.273. The number of carbonyl (C=O) groups excluding carboxylic acids is 1. The van der Waals surface area contributed by atoms with Crippen LogP contribution in [-0.4, -0.2) is 26.4 Å². The van der Waals surface area contributed by atoms with Crippen LogP contribution in [0.4, 0.5) is 0 Å². The van der Waals surface area contributed by atoms with E-state index in [1.807, 2.05) is 60.7 Å². The number of hydrogen-bond acceptors (Lipinski definition) is 4. The van der Waals surface area contributed by atoms with Crippen molar-refractivity contribution in [2.75, 3.05) is 0 Å². The summed E-state index contributed by atoms with van der Waals surface area (Å²) in [4.78, 5) is 17.1. The highest BCUT2D eigenvalue weighted by atomic mass is 16.2. The van der Waals surface area contributed by atoms with E-state index in [0.717, 1.165) is 48.6 Å². The quantitative estimate of drug-likeness (QED) is 0.696. The number of carbonyl (C=O) groups is 1. The minimum Gasteiger partial charge on any atom is -0.264 e. The summed E-state index contributed by atoms with van der Waals surface area (Å²) in [6, 6.07) is 19.4. The molecule has 0 atom stereocenters. The van der Waals surface area contributed by atoms with E-state index in [2.05, 4.69) is 27.5 Å². The van der Waals surface area contributed by atoms with Crippen LogP contribution in [0.25, 0.3) is 17.1 Å². The van der Waals surface area contributed by atoms with Gasteiger partial charge in [0, 0.05) is 11.3 Å². The second-order valence-electron chi connectivity index (χ2n) is 7.17. The van der Waals surface area contributed by atoms with E-state index in [4.69, 9.17) is 0 Å². The van der Waals surface area contributed by atoms with Crippen LogP contribution in [-0.2, 0) is 0 Å². The average Bonchev–Trinajstić information content (AvgIpc) is 3.20. The van der Waals surface area contributed by atoms with Crippen molar-refractivity contribution < 1.29 is 4.79 Å². The Labute approximate surface area is 164 Å². The average molecular weight is 373 g/mol. The topological polar surface area (TPSA) is 72.2 Å². The summed E-state index contributed by atoms with van der Waals surface area (Å²) in [6.07, 6.45) is 4.10. The molecule has 1 aliphatic carbocycles. The molecule has 1 aliphatic rings. The molecule has 6 heteroatoms. The van der Waals surface area contributed by atoms with Gasteiger partial charge in [-0.3, -0.25) is 4.79 Å². The van der Waals surface area contributed by atoms with E-state index in [9.17, 15) is 4.79 Å². The Morgan fingerprint density at radius 1 is 1.04 bits per heavy atom. The molecule has 28 heavy (non-hydrogen) atoms. The number of hydrazone groups is 1. The summed E-state index contributed by atoms with van der Waals surface area (Å²) >= 11 is 0. The first-order chi connectivity index (χ1) is 13.7. The molecule has 6 nitrogen and oxygen atoms in total. The minimum atomic E-state index is -0.391. The fourth-order valence-corrected chi connectivity index (χ4v) is 3.32. The first kappa shape index (κ1) is 18.1. The highest BCUT2D eigenvalue weighted by molar-refractivity contribution is 5.93. The van der Waals surface area contributed by atoms with Crippen LogP contribution in [0.1, 0.15) is 43.2 Å². The van der Waals surface area contributed by atoms with Gasteiger partial charge in [0.25, 0.3) is 0 Å². The molecule has 3 aromatic rings. The van der Waals surface area contributed by atoms with Crippen molar-refractivity contribution in [1.29, 1.82) is 0 Å². The van der Waals surface area contributed by atoms with Gasteiger partial charge in [-0.25, -0.2) is 15.1 Å². The van der Waals surface area contributed by atoms with Crippen molar-refractivity contribution in [2.45, 2.75) is 32.6 Å². The van der Waals surface area contributed by atoms with Crippen LogP contribution >= 0.6 is 0 Å². The summed E-state index contributed by atoms with van der Waals surface area (Å²) < 4.78 is 1.69. The molecular formula is C22H23N5O. The Morgan fingerprint density at radius 2 is 1.68 bits per heavy atom. The summed E-state index contributed by atoms with van der Waals surface area (Å²) in [5.74, 6) is 1.07. The van der Waals surface area contributed by atoms with Gasteiger partial charge < -0.3 is 0 Å². The zero-order chi connectivity index (χ0) is 19.3. The van der Waals surface area contributed by atoms with Crippen molar-refractivity contribution in [3.8, 4) is 17.1 Å². The molecule has 1 saturated carbocycles. The second-order valence-corrected chi connectivity index (χ2v) is 7.17. The lowest BCUT2D eigenvalue weighted by molar-refractivity contribution is 0.0944. The lowest BCUT2D eigenvalue weighted by Crippen LogP contribution is -2.23. The molecular weight excluding hydrogens is 350 g/mol. The lowest BCUT2D eigenvalue weighted by Gasteiger charge is -2.18. The smallest absolute Gasteiger partial charge is 0.264 e. The zero-order valence-corrected chi connectivity index (χ0v) is 15.9. The predicted octanol–water partition coefficient (Wildman–Crippen LogP) is 4.23. The third-order valence-electron chi connectivity index (χ3n) is 5.01. The molecule has 142 valence electrons. The standard InChI is InChI=1S/C22H23N5O/c1-16-12-14-18(15-13-16)24-25-22(28)20-23-21(17-8-4-2-5-9-17)27(26-20)19-10-6-3-7-11-19/h2-11,16H,12-15H2,1H3,(H,25,28). The SMILES string of the molecule is CC1CCC(=NNC(=O)c2nc(-c3ccccc3)n(-c3ccccc3)n2)CC1. The van der Waals surface area contributed by atoms with E-state index < -0.39 is 5.91 Å². The van der Waals surface area contributed by atoms with Crippen LogP contribution in [0, 0.1) is 5.92 Å². The molecule has 1 amide bonds. The number of hydrogen-bond donors (Lipinski definition) is 1. The maximum Gasteiger partial charge on any atom is 0.311 e. The molecule has 0 saturated heterocycles. The van der Waals surface area contributed by atoms with Crippen molar-refractivity contribution in [3.05, 3.63) is 66.5 Å². The van der Waals surface area contributed by atoms with Crippen LogP contribution in [0.3, 0.4) is 0 Å². The number of nitrogens with one attached hydrogen (secondary N) is 1. The van der Waals surface area contributed by atoms with Crippen molar-refractivity contribution in [1.82, 2.24) is 20.2 Å². The number of rotatable bonds is 4. The number of benzene rings is 2. The number of amides is 1. The van der Waals surface area contributed by atoms with Gasteiger partial charge in [-0.05, 0) is 43.7 Å². The highest BCUT2D eigenvalue weighted by Gasteiger charge is 2.19. The first-order valence-corrected chi connectivity index (χ1v) is 9.64. The lowest BCUT2D eigenvalue weighted by atomic mass is 9.90. The van der Waals surface area contributed by atoms with Crippen LogP contribution in [0.2, 0.25) is 0 Å². The summed E-state index contributed by atoms with van der Waals surface area (Å²) in [6.45, 7) is 2.25. The number of nitrogens with zero attached hydrogens (tertiary/aromatic N) is 4. The number of aromatic nitrogens is 3. The fourth-order valence-electron chi connectivity index (χ4n) is 3.32. The van der Waals surface area contributed by atoms with E-state index in [1.54, 1.807) is 4.68 Å². The number of para-hydroxylation sites is 1. The molecule has 1 heterocycles. The van der Waals surface area contributed by atoms with E-state index in [-0.39, 0.29) is 5.82 Å². The van der Waals surface area contributed by atoms with Crippen LogP contribution < -0.4 is 5.43 Å². The van der Waals surface area contributed by atoms with Crippen molar-refractivity contribution >= 4 is 11.6 Å². The normalized spacial score (nSPS) is 16.6. The molecule has 2 aromatic carbocycles. The Bertz CT molecular complexity index is 912. The molecule has 1 aromatic heterocycles. The third-order valence-corrected chi connectivity index (χ3v) is 5.01. The van der Waals surface area contributed by atoms with E-state index >= 15 is 0 Å². The highest BCUT2D eigenvalue weighted by Crippen LogP contribution is 2.22. The molecule has 4 rings (SSSR count). The van der Waals surface area contributed by atoms with Crippen LogP contribution in [0.15, 0.2) is 65.8 Å². The van der Waals surface area contributed by atoms with E-state index in [0.29, 0.717) is 5.82 Å². The largest absolute Gasteiger partial charge is 0.311 e. The Balaban J connectivity index is 1.62. The summed E-state index contributed by atoms with van der Waals surface area (Å²) in [7, 11) is 0. The molecule has 0 unspecified atom stereocenters. The molecule has 1 N–H and O–H groups in total. The summed E-state index contributed by atoms with van der Waals surface area (Å²) in [5.41, 5.74) is 5.42. The maximum absolute atomic E-state index is 12.6. The van der Waals surface area contributed by atoms with Crippen molar-refractivity contribution in [2.24, 2.45) is 11.0 Å². The molecule has 0 aliphatic heterocycles. The Morgan fingerprint density at radius 3 is 2.36 bits per heavy atom. The second kappa shape index (κ2) is 8.17. The Hall–Kier alpha value is -3.28. The van der Waals surface area contributed by atoms with Gasteiger partial charge in [0.05, 0.1) is 5.69 Å². The van der Waals surface area contributed by atoms with Crippen molar-refractivity contribution in [3.63, 3.8) is 0 Å². The monoisotopic (exact) mass is 373 g/mol. The molecule has 1 fully saturated rings. The van der Waals surface area contributed by atoms with Gasteiger partial charge in [-0.1, -0.05) is 55.5 Å². The predicted molar refractivity (Wildman–Crippen MR) is 109 cm³/mol. The van der Waals surface area contributed by atoms with Gasteiger partial charge in [-0.15, -0.1) is 5.10 Å². The zero-order valence-electron chi connectivity index (χ0n) is 15.9.